The number of ether oxygens (including phenoxy) is 1. The largest absolute Gasteiger partial charge is 0.490 e. The van der Waals surface area contributed by atoms with Crippen molar-refractivity contribution in [3.63, 3.8) is 0 Å². The molecule has 0 heterocycles. The van der Waals surface area contributed by atoms with Gasteiger partial charge in [-0.05, 0) is 23.8 Å². The van der Waals surface area contributed by atoms with Crippen molar-refractivity contribution in [3.8, 4) is 5.75 Å². The highest BCUT2D eigenvalue weighted by Crippen LogP contribution is 2.28. The molecule has 0 aliphatic carbocycles. The third kappa shape index (κ3) is 3.48. The van der Waals surface area contributed by atoms with Crippen molar-refractivity contribution < 1.29 is 4.74 Å². The summed E-state index contributed by atoms with van der Waals surface area (Å²) in [6.07, 6.45) is 0. The molecule has 0 saturated carbocycles. The molecule has 2 aromatic carbocycles. The minimum atomic E-state index is -0.166. The fourth-order valence-corrected chi connectivity index (χ4v) is 2.08. The van der Waals surface area contributed by atoms with Crippen LogP contribution in [-0.2, 0) is 0 Å². The molecule has 0 radical (unpaired) electrons. The lowest BCUT2D eigenvalue weighted by atomic mass is 10.1. The van der Waals surface area contributed by atoms with Crippen LogP contribution in [0.1, 0.15) is 11.6 Å². The molecule has 94 valence electrons. The smallest absolute Gasteiger partial charge is 0.139 e. The normalized spacial score (nSPS) is 12.2. The first-order chi connectivity index (χ1) is 8.66. The van der Waals surface area contributed by atoms with Crippen molar-refractivity contribution >= 4 is 27.5 Å². The predicted molar refractivity (Wildman–Crippen MR) is 78.0 cm³/mol. The van der Waals surface area contributed by atoms with E-state index in [1.807, 2.05) is 42.5 Å². The van der Waals surface area contributed by atoms with Crippen LogP contribution in [0, 0.1) is 0 Å². The average Bonchev–Trinajstić information content (AvgIpc) is 2.40. The van der Waals surface area contributed by atoms with Crippen LogP contribution in [-0.4, -0.2) is 6.61 Å². The summed E-state index contributed by atoms with van der Waals surface area (Å²) in [6, 6.07) is 15.2. The Bertz CT molecular complexity index is 518. The second-order valence-electron chi connectivity index (χ2n) is 3.90. The summed E-state index contributed by atoms with van der Waals surface area (Å²) < 4.78 is 6.57. The molecule has 0 aliphatic heterocycles. The molecule has 1 atom stereocenters. The van der Waals surface area contributed by atoms with Crippen molar-refractivity contribution in [2.45, 2.75) is 6.04 Å². The van der Waals surface area contributed by atoms with E-state index in [9.17, 15) is 0 Å². The van der Waals surface area contributed by atoms with Gasteiger partial charge in [0.2, 0.25) is 0 Å². The minimum Gasteiger partial charge on any atom is -0.490 e. The Balaban J connectivity index is 2.01. The van der Waals surface area contributed by atoms with Gasteiger partial charge in [0, 0.05) is 4.47 Å². The van der Waals surface area contributed by atoms with Crippen LogP contribution in [0.25, 0.3) is 0 Å². The van der Waals surface area contributed by atoms with Crippen LogP contribution >= 0.6 is 27.5 Å². The van der Waals surface area contributed by atoms with E-state index in [4.69, 9.17) is 22.1 Å². The molecule has 18 heavy (non-hydrogen) atoms. The van der Waals surface area contributed by atoms with Crippen molar-refractivity contribution in [3.05, 3.63) is 63.6 Å². The Morgan fingerprint density at radius 1 is 1.17 bits per heavy atom. The molecule has 4 heteroatoms. The molecule has 0 bridgehead atoms. The number of rotatable bonds is 4. The van der Waals surface area contributed by atoms with Gasteiger partial charge in [0.15, 0.2) is 0 Å². The molecule has 2 nitrogen and oxygen atoms in total. The van der Waals surface area contributed by atoms with Crippen molar-refractivity contribution in [2.24, 2.45) is 5.73 Å². The number of halogens is 2. The molecule has 0 spiro atoms. The predicted octanol–water partition coefficient (Wildman–Crippen LogP) is 4.18. The van der Waals surface area contributed by atoms with Crippen LogP contribution in [0.4, 0.5) is 0 Å². The number of hydrogen-bond donors (Lipinski definition) is 1. The first-order valence-corrected chi connectivity index (χ1v) is 6.72. The zero-order chi connectivity index (χ0) is 13.0. The van der Waals surface area contributed by atoms with E-state index in [-0.39, 0.29) is 6.04 Å². The first-order valence-electron chi connectivity index (χ1n) is 5.55. The lowest BCUT2D eigenvalue weighted by Crippen LogP contribution is -2.18. The van der Waals surface area contributed by atoms with Crippen LogP contribution in [0.2, 0.25) is 5.02 Å². The van der Waals surface area contributed by atoms with E-state index in [2.05, 4.69) is 15.9 Å². The Hall–Kier alpha value is -1.03. The van der Waals surface area contributed by atoms with Gasteiger partial charge in [0.1, 0.15) is 12.4 Å². The summed E-state index contributed by atoms with van der Waals surface area (Å²) in [6.45, 7) is 0.389. The third-order valence-electron chi connectivity index (χ3n) is 2.54. The standard InChI is InChI=1S/C14H13BrClNO/c15-11-6-7-12(16)14(8-11)18-9-13(17)10-4-2-1-3-5-10/h1-8,13H,9,17H2. The van der Waals surface area contributed by atoms with E-state index in [0.717, 1.165) is 10.0 Å². The quantitative estimate of drug-likeness (QED) is 0.914. The second-order valence-corrected chi connectivity index (χ2v) is 5.23. The van der Waals surface area contributed by atoms with Gasteiger partial charge in [0.25, 0.3) is 0 Å². The van der Waals surface area contributed by atoms with E-state index >= 15 is 0 Å². The summed E-state index contributed by atoms with van der Waals surface area (Å²) in [5.41, 5.74) is 7.10. The second kappa shape index (κ2) is 6.23. The number of nitrogens with two attached hydrogens (primary N) is 1. The Kier molecular flexibility index (Phi) is 4.64. The zero-order valence-corrected chi connectivity index (χ0v) is 12.0. The molecule has 0 aromatic heterocycles. The SMILES string of the molecule is NC(COc1cc(Br)ccc1Cl)c1ccccc1. The van der Waals surface area contributed by atoms with Crippen molar-refractivity contribution in [2.75, 3.05) is 6.61 Å². The molecule has 0 aliphatic rings. The summed E-state index contributed by atoms with van der Waals surface area (Å²) >= 11 is 9.42. The van der Waals surface area contributed by atoms with Crippen LogP contribution < -0.4 is 10.5 Å². The van der Waals surface area contributed by atoms with Gasteiger partial charge in [-0.15, -0.1) is 0 Å². The van der Waals surface area contributed by atoms with Crippen LogP contribution in [0.5, 0.6) is 5.75 Å². The maximum atomic E-state index is 6.05. The zero-order valence-electron chi connectivity index (χ0n) is 9.64. The molecule has 2 rings (SSSR count). The lowest BCUT2D eigenvalue weighted by molar-refractivity contribution is 0.290. The summed E-state index contributed by atoms with van der Waals surface area (Å²) in [5, 5.41) is 0.582. The van der Waals surface area contributed by atoms with Crippen molar-refractivity contribution in [1.29, 1.82) is 0 Å². The van der Waals surface area contributed by atoms with Crippen LogP contribution in [0.3, 0.4) is 0 Å². The van der Waals surface area contributed by atoms with Gasteiger partial charge in [-0.3, -0.25) is 0 Å². The van der Waals surface area contributed by atoms with Gasteiger partial charge in [0.05, 0.1) is 11.1 Å². The highest BCUT2D eigenvalue weighted by molar-refractivity contribution is 9.10. The Labute approximate surface area is 120 Å². The molecular weight excluding hydrogens is 314 g/mol. The van der Waals surface area contributed by atoms with Gasteiger partial charge in [-0.2, -0.15) is 0 Å². The van der Waals surface area contributed by atoms with E-state index < -0.39 is 0 Å². The van der Waals surface area contributed by atoms with Gasteiger partial charge in [-0.1, -0.05) is 57.9 Å². The van der Waals surface area contributed by atoms with Gasteiger partial charge in [-0.25, -0.2) is 0 Å². The Morgan fingerprint density at radius 2 is 1.89 bits per heavy atom. The van der Waals surface area contributed by atoms with E-state index in [0.29, 0.717) is 17.4 Å². The maximum absolute atomic E-state index is 6.05. The van der Waals surface area contributed by atoms with Gasteiger partial charge < -0.3 is 10.5 Å². The monoisotopic (exact) mass is 325 g/mol. The summed E-state index contributed by atoms with van der Waals surface area (Å²) in [5.74, 6) is 0.637. The first kappa shape index (κ1) is 13.4. The summed E-state index contributed by atoms with van der Waals surface area (Å²) in [4.78, 5) is 0. The fourth-order valence-electron chi connectivity index (χ4n) is 1.56. The van der Waals surface area contributed by atoms with Gasteiger partial charge >= 0.3 is 0 Å². The van der Waals surface area contributed by atoms with Crippen molar-refractivity contribution in [1.82, 2.24) is 0 Å². The number of hydrogen-bond acceptors (Lipinski definition) is 2. The topological polar surface area (TPSA) is 35.2 Å². The van der Waals surface area contributed by atoms with E-state index in [1.165, 1.54) is 0 Å². The minimum absolute atomic E-state index is 0.166. The molecular formula is C14H13BrClNO. The molecule has 2 aromatic rings. The van der Waals surface area contributed by atoms with E-state index in [1.54, 1.807) is 6.07 Å². The highest BCUT2D eigenvalue weighted by Gasteiger charge is 2.08. The maximum Gasteiger partial charge on any atom is 0.139 e. The molecule has 0 saturated heterocycles. The molecule has 0 amide bonds. The third-order valence-corrected chi connectivity index (χ3v) is 3.34. The summed E-state index contributed by atoms with van der Waals surface area (Å²) in [7, 11) is 0. The lowest BCUT2D eigenvalue weighted by Gasteiger charge is -2.14. The molecule has 0 fully saturated rings. The fraction of sp³-hybridized carbons (Fsp3) is 0.143. The average molecular weight is 327 g/mol. The Morgan fingerprint density at radius 3 is 2.61 bits per heavy atom. The molecule has 1 unspecified atom stereocenters. The van der Waals surface area contributed by atoms with Crippen LogP contribution in [0.15, 0.2) is 53.0 Å². The number of benzene rings is 2. The highest BCUT2D eigenvalue weighted by atomic mass is 79.9. The molecule has 2 N–H and O–H groups in total.